The quantitative estimate of drug-likeness (QED) is 0.629. The van der Waals surface area contributed by atoms with Crippen molar-refractivity contribution in [1.29, 1.82) is 0 Å². The highest BCUT2D eigenvalue weighted by Gasteiger charge is 2.26. The molecule has 0 saturated heterocycles. The van der Waals surface area contributed by atoms with E-state index in [0.29, 0.717) is 6.61 Å². The van der Waals surface area contributed by atoms with Crippen molar-refractivity contribution in [3.05, 3.63) is 0 Å². The van der Waals surface area contributed by atoms with Crippen molar-refractivity contribution < 1.29 is 24.0 Å². The van der Waals surface area contributed by atoms with E-state index in [2.05, 4.69) is 5.32 Å². The highest BCUT2D eigenvalue weighted by Crippen LogP contribution is 2.37. The second kappa shape index (κ2) is 9.30. The van der Waals surface area contributed by atoms with Crippen LogP contribution in [0.15, 0.2) is 0 Å². The van der Waals surface area contributed by atoms with Gasteiger partial charge in [0, 0.05) is 6.61 Å². The molecular weight excluding hydrogens is 277 g/mol. The van der Waals surface area contributed by atoms with Crippen LogP contribution in [-0.2, 0) is 18.9 Å². The van der Waals surface area contributed by atoms with E-state index in [9.17, 15) is 14.2 Å². The lowest BCUT2D eigenvalue weighted by Crippen LogP contribution is -2.44. The Morgan fingerprint density at radius 1 is 1.44 bits per heavy atom. The molecule has 0 aromatic heterocycles. The first-order valence-corrected chi connectivity index (χ1v) is 8.59. The number of amides is 1. The van der Waals surface area contributed by atoms with Gasteiger partial charge in [-0.1, -0.05) is 18.4 Å². The van der Waals surface area contributed by atoms with Crippen LogP contribution in [0.25, 0.3) is 0 Å². The molecule has 0 aliphatic carbocycles. The van der Waals surface area contributed by atoms with Crippen LogP contribution in [0.3, 0.4) is 0 Å². The van der Waals surface area contributed by atoms with Crippen molar-refractivity contribution in [3.63, 3.8) is 0 Å². The van der Waals surface area contributed by atoms with E-state index >= 15 is 0 Å². The number of ether oxygens (including phenoxy) is 1. The van der Waals surface area contributed by atoms with Gasteiger partial charge in [0.1, 0.15) is 23.2 Å². The number of hydrogen-bond donors (Lipinski definition) is 2. The SMILES string of the molecule is CCOC[P+](=O)SCC(=O)NC(C(=O)O)C(C)C. The summed E-state index contributed by atoms with van der Waals surface area (Å²) in [5.74, 6) is -1.73. The molecule has 0 aromatic carbocycles. The normalized spacial score (nSPS) is 13.2. The number of carbonyl (C=O) groups is 2. The minimum absolute atomic E-state index is 0.0290. The Balaban J connectivity index is 4.03. The van der Waals surface area contributed by atoms with Crippen LogP contribution in [0, 0.1) is 5.92 Å². The molecule has 2 atom stereocenters. The van der Waals surface area contributed by atoms with E-state index in [1.54, 1.807) is 20.8 Å². The topological polar surface area (TPSA) is 92.7 Å². The van der Waals surface area contributed by atoms with Crippen LogP contribution in [-0.4, -0.2) is 41.7 Å². The minimum Gasteiger partial charge on any atom is -0.480 e. The largest absolute Gasteiger partial charge is 0.480 e. The van der Waals surface area contributed by atoms with Crippen LogP contribution < -0.4 is 5.32 Å². The third-order valence-corrected chi connectivity index (χ3v) is 4.63. The predicted octanol–water partition coefficient (Wildman–Crippen LogP) is 1.68. The minimum atomic E-state index is -1.64. The van der Waals surface area contributed by atoms with Gasteiger partial charge in [-0.25, -0.2) is 4.79 Å². The first kappa shape index (κ1) is 17.4. The molecule has 18 heavy (non-hydrogen) atoms. The summed E-state index contributed by atoms with van der Waals surface area (Å²) in [4.78, 5) is 22.3. The molecule has 0 bridgehead atoms. The van der Waals surface area contributed by atoms with Crippen LogP contribution >= 0.6 is 18.4 Å². The van der Waals surface area contributed by atoms with Crippen LogP contribution in [0.4, 0.5) is 0 Å². The van der Waals surface area contributed by atoms with E-state index in [1.807, 2.05) is 0 Å². The average Bonchev–Trinajstić information content (AvgIpc) is 2.29. The summed E-state index contributed by atoms with van der Waals surface area (Å²) in [5.41, 5.74) is 0. The standard InChI is InChI=1S/C10H18NO5PS/c1-4-16-6-17(15)18-5-8(12)11-9(7(2)3)10(13)14/h7,9H,4-6H2,1-3H3,(H-,11,12,13,14)/p+1. The molecule has 0 saturated carbocycles. The van der Waals surface area contributed by atoms with Gasteiger partial charge in [0.25, 0.3) is 6.35 Å². The Labute approximate surface area is 111 Å². The number of rotatable bonds is 9. The maximum Gasteiger partial charge on any atom is 0.439 e. The Hall–Kier alpha value is -0.650. The summed E-state index contributed by atoms with van der Waals surface area (Å²) in [5, 5.41) is 11.3. The number of carbonyl (C=O) groups excluding carboxylic acids is 1. The van der Waals surface area contributed by atoms with E-state index < -0.39 is 24.9 Å². The molecule has 0 spiro atoms. The van der Waals surface area contributed by atoms with Crippen molar-refractivity contribution in [3.8, 4) is 0 Å². The molecule has 0 heterocycles. The smallest absolute Gasteiger partial charge is 0.439 e. The van der Waals surface area contributed by atoms with E-state index in [1.165, 1.54) is 0 Å². The van der Waals surface area contributed by atoms with Gasteiger partial charge in [-0.15, -0.1) is 0 Å². The van der Waals surface area contributed by atoms with E-state index in [0.717, 1.165) is 11.4 Å². The number of nitrogens with one attached hydrogen (secondary N) is 1. The summed E-state index contributed by atoms with van der Waals surface area (Å²) >= 11 is 0.969. The number of carboxylic acids is 1. The molecule has 0 aliphatic rings. The second-order valence-corrected chi connectivity index (χ2v) is 7.32. The van der Waals surface area contributed by atoms with Crippen molar-refractivity contribution >= 4 is 30.3 Å². The van der Waals surface area contributed by atoms with Crippen molar-refractivity contribution in [1.82, 2.24) is 5.32 Å². The summed E-state index contributed by atoms with van der Waals surface area (Å²) in [7, 11) is -1.64. The second-order valence-electron chi connectivity index (χ2n) is 3.86. The maximum absolute atomic E-state index is 11.5. The Morgan fingerprint density at radius 2 is 2.06 bits per heavy atom. The highest BCUT2D eigenvalue weighted by atomic mass is 32.7. The zero-order valence-electron chi connectivity index (χ0n) is 10.7. The van der Waals surface area contributed by atoms with Crippen LogP contribution in [0.5, 0.6) is 0 Å². The van der Waals surface area contributed by atoms with Crippen molar-refractivity contribution in [2.45, 2.75) is 26.8 Å². The van der Waals surface area contributed by atoms with E-state index in [4.69, 9.17) is 9.84 Å². The van der Waals surface area contributed by atoms with Gasteiger partial charge in [0.05, 0.1) is 0 Å². The molecule has 6 nitrogen and oxygen atoms in total. The summed E-state index contributed by atoms with van der Waals surface area (Å²) in [6.45, 7) is 5.69. The predicted molar refractivity (Wildman–Crippen MR) is 71.0 cm³/mol. The molecule has 8 heteroatoms. The van der Waals surface area contributed by atoms with Gasteiger partial charge >= 0.3 is 13.0 Å². The summed E-state index contributed by atoms with van der Waals surface area (Å²) in [6.07, 6.45) is 0.107. The third-order valence-electron chi connectivity index (χ3n) is 1.99. The van der Waals surface area contributed by atoms with Gasteiger partial charge in [0.15, 0.2) is 0 Å². The molecule has 1 amide bonds. The van der Waals surface area contributed by atoms with Gasteiger partial charge in [-0.2, -0.15) is 0 Å². The number of hydrogen-bond acceptors (Lipinski definition) is 5. The molecule has 0 aromatic rings. The average molecular weight is 296 g/mol. The molecule has 104 valence electrons. The fourth-order valence-electron chi connectivity index (χ4n) is 1.06. The first-order valence-electron chi connectivity index (χ1n) is 5.56. The molecule has 0 rings (SSSR count). The van der Waals surface area contributed by atoms with Crippen molar-refractivity contribution in [2.75, 3.05) is 18.7 Å². The maximum atomic E-state index is 11.5. The lowest BCUT2D eigenvalue weighted by atomic mass is 10.1. The molecular formula is C10H19NO5PS+. The zero-order chi connectivity index (χ0) is 14.1. The molecule has 0 aliphatic heterocycles. The Bertz CT molecular complexity index is 311. The molecule has 2 N–H and O–H groups in total. The number of aliphatic carboxylic acids is 1. The lowest BCUT2D eigenvalue weighted by molar-refractivity contribution is -0.142. The summed E-state index contributed by atoms with van der Waals surface area (Å²) < 4.78 is 16.3. The lowest BCUT2D eigenvalue weighted by Gasteiger charge is -2.16. The van der Waals surface area contributed by atoms with Gasteiger partial charge in [0.2, 0.25) is 5.91 Å². The molecule has 2 unspecified atom stereocenters. The number of carboxylic acid groups (broad SMARTS) is 1. The Morgan fingerprint density at radius 3 is 2.50 bits per heavy atom. The fraction of sp³-hybridized carbons (Fsp3) is 0.800. The Kier molecular flexibility index (Phi) is 8.97. The zero-order valence-corrected chi connectivity index (χ0v) is 12.4. The van der Waals surface area contributed by atoms with Crippen molar-refractivity contribution in [2.24, 2.45) is 5.92 Å². The van der Waals surface area contributed by atoms with Gasteiger partial charge < -0.3 is 15.2 Å². The monoisotopic (exact) mass is 296 g/mol. The fourth-order valence-corrected chi connectivity index (χ4v) is 3.04. The third kappa shape index (κ3) is 7.63. The summed E-state index contributed by atoms with van der Waals surface area (Å²) in [6, 6.07) is -0.914. The van der Waals surface area contributed by atoms with Gasteiger partial charge in [-0.3, -0.25) is 4.79 Å². The van der Waals surface area contributed by atoms with Gasteiger partial charge in [-0.05, 0) is 12.8 Å². The molecule has 0 radical (unpaired) electrons. The highest BCUT2D eigenvalue weighted by molar-refractivity contribution is 8.51. The van der Waals surface area contributed by atoms with Crippen LogP contribution in [0.2, 0.25) is 0 Å². The molecule has 0 fully saturated rings. The van der Waals surface area contributed by atoms with E-state index in [-0.39, 0.29) is 18.0 Å². The van der Waals surface area contributed by atoms with Crippen LogP contribution in [0.1, 0.15) is 20.8 Å². The first-order chi connectivity index (χ1) is 8.38.